The summed E-state index contributed by atoms with van der Waals surface area (Å²) in [6, 6.07) is 37.7. The van der Waals surface area contributed by atoms with Gasteiger partial charge in [0.25, 0.3) is 0 Å². The van der Waals surface area contributed by atoms with E-state index in [-0.39, 0.29) is 36.1 Å². The molecule has 1 aliphatic carbocycles. The standard InChI is InChI=1S/C38H40O.2ClH.Ti/c1-25-26(2)28(4)35(27(25)3)33-23-32(37(5,6)7)24-34(36(33)39)38(29-17-11-8-12-18-29,30-19-13-9-14-20-30)31-21-15-10-16-22-31;;;/h8-24,35,39H,1-7H3;2*1H;/q;;;+3/p-3. The van der Waals surface area contributed by atoms with Crippen LogP contribution in [-0.2, 0) is 31.7 Å². The molecule has 215 valence electrons. The molecule has 0 aromatic heterocycles. The molecular formula is C38H39Cl2OTi. The number of halogens is 2. The van der Waals surface area contributed by atoms with Gasteiger partial charge in [0.2, 0.25) is 0 Å². The molecule has 5 rings (SSSR count). The van der Waals surface area contributed by atoms with Crippen molar-refractivity contribution in [2.24, 2.45) is 0 Å². The van der Waals surface area contributed by atoms with Crippen LogP contribution >= 0.6 is 0 Å². The van der Waals surface area contributed by atoms with Crippen molar-refractivity contribution < 1.29 is 49.0 Å². The minimum atomic E-state index is -0.580. The third-order valence-electron chi connectivity index (χ3n) is 9.03. The van der Waals surface area contributed by atoms with E-state index in [4.69, 9.17) is 3.32 Å². The molecule has 0 fully saturated rings. The summed E-state index contributed by atoms with van der Waals surface area (Å²) in [6.45, 7) is 16.1. The third kappa shape index (κ3) is 5.70. The molecule has 0 aliphatic heterocycles. The van der Waals surface area contributed by atoms with Crippen LogP contribution < -0.4 is 28.1 Å². The second kappa shape index (κ2) is 13.4. The smallest absolute Gasteiger partial charge is 1.00 e. The van der Waals surface area contributed by atoms with E-state index < -0.39 is 5.41 Å². The van der Waals surface area contributed by atoms with Crippen molar-refractivity contribution in [2.45, 2.75) is 65.2 Å². The minimum Gasteiger partial charge on any atom is -1.00 e. The topological polar surface area (TPSA) is 9.23 Å². The summed E-state index contributed by atoms with van der Waals surface area (Å²) < 4.78 is 6.55. The average Bonchev–Trinajstić information content (AvgIpc) is 3.16. The normalized spacial score (nSPS) is 14.0. The molecule has 1 nitrogen and oxygen atoms in total. The zero-order chi connectivity index (χ0) is 28.7. The first-order valence-corrected chi connectivity index (χ1v) is 14.8. The van der Waals surface area contributed by atoms with Crippen LogP contribution in [0.5, 0.6) is 5.75 Å². The van der Waals surface area contributed by atoms with Crippen molar-refractivity contribution in [3.05, 3.63) is 159 Å². The Labute approximate surface area is 277 Å². The van der Waals surface area contributed by atoms with Crippen LogP contribution in [0.15, 0.2) is 125 Å². The van der Waals surface area contributed by atoms with E-state index in [9.17, 15) is 0 Å². The molecule has 4 aromatic rings. The Kier molecular flexibility index (Phi) is 10.8. The fourth-order valence-electron chi connectivity index (χ4n) is 6.54. The molecule has 0 atom stereocenters. The molecule has 42 heavy (non-hydrogen) atoms. The summed E-state index contributed by atoms with van der Waals surface area (Å²) in [7, 11) is 0. The Morgan fingerprint density at radius 1 is 0.571 bits per heavy atom. The van der Waals surface area contributed by atoms with Gasteiger partial charge >= 0.3 is 254 Å². The van der Waals surface area contributed by atoms with Gasteiger partial charge in [-0.15, -0.1) is 0 Å². The molecule has 4 heteroatoms. The molecule has 0 spiro atoms. The molecule has 0 amide bonds. The van der Waals surface area contributed by atoms with Gasteiger partial charge in [-0.2, -0.15) is 0 Å². The molecule has 0 unspecified atom stereocenters. The summed E-state index contributed by atoms with van der Waals surface area (Å²) in [6.07, 6.45) is 0. The van der Waals surface area contributed by atoms with Gasteiger partial charge in [-0.25, -0.2) is 0 Å². The Balaban J connectivity index is 0.00000242. The molecule has 4 aromatic carbocycles. The van der Waals surface area contributed by atoms with E-state index in [0.717, 1.165) is 5.75 Å². The van der Waals surface area contributed by atoms with Crippen molar-refractivity contribution in [1.29, 1.82) is 0 Å². The maximum Gasteiger partial charge on any atom is -1.00 e. The van der Waals surface area contributed by atoms with Crippen molar-refractivity contribution in [3.8, 4) is 5.75 Å². The summed E-state index contributed by atoms with van der Waals surface area (Å²) in [5.74, 6) is 1.16. The second-order valence-electron chi connectivity index (χ2n) is 12.2. The Hall–Kier alpha value is -2.55. The van der Waals surface area contributed by atoms with Crippen molar-refractivity contribution >= 4 is 0 Å². The second-order valence-corrected chi connectivity index (χ2v) is 12.5. The monoisotopic (exact) mass is 629 g/mol. The molecular weight excluding hydrogens is 591 g/mol. The van der Waals surface area contributed by atoms with E-state index in [2.05, 4.69) is 152 Å². The molecule has 0 radical (unpaired) electrons. The largest absolute Gasteiger partial charge is 1.00 e. The van der Waals surface area contributed by atoms with Crippen LogP contribution in [0.1, 0.15) is 87.8 Å². The Bertz CT molecular complexity index is 1460. The van der Waals surface area contributed by atoms with Crippen molar-refractivity contribution in [2.75, 3.05) is 0 Å². The van der Waals surface area contributed by atoms with Crippen LogP contribution in [0.3, 0.4) is 0 Å². The van der Waals surface area contributed by atoms with Gasteiger partial charge in [0.15, 0.2) is 0 Å². The molecule has 0 saturated carbocycles. The maximum atomic E-state index is 6.55. The molecule has 0 heterocycles. The van der Waals surface area contributed by atoms with Gasteiger partial charge in [0, 0.05) is 0 Å². The van der Waals surface area contributed by atoms with Crippen molar-refractivity contribution in [1.82, 2.24) is 0 Å². The van der Waals surface area contributed by atoms with E-state index in [1.165, 1.54) is 55.7 Å². The fourth-order valence-corrected chi connectivity index (χ4v) is 6.89. The third-order valence-corrected chi connectivity index (χ3v) is 9.35. The van der Waals surface area contributed by atoms with Crippen molar-refractivity contribution in [3.63, 3.8) is 0 Å². The first kappa shape index (κ1) is 34.0. The number of hydrogen-bond donors (Lipinski definition) is 0. The quantitative estimate of drug-likeness (QED) is 0.232. The van der Waals surface area contributed by atoms with E-state index in [1.807, 2.05) is 20.8 Å². The van der Waals surface area contributed by atoms with Crippen LogP contribution in [0.25, 0.3) is 0 Å². The molecule has 0 N–H and O–H groups in total. The van der Waals surface area contributed by atoms with E-state index in [1.54, 1.807) is 0 Å². The summed E-state index contributed by atoms with van der Waals surface area (Å²) in [4.78, 5) is 0. The Morgan fingerprint density at radius 3 is 1.29 bits per heavy atom. The Morgan fingerprint density at radius 2 is 0.952 bits per heavy atom. The first-order valence-electron chi connectivity index (χ1n) is 14.2. The molecule has 1 aliphatic rings. The number of rotatable bonds is 6. The van der Waals surface area contributed by atoms with Gasteiger partial charge in [-0.1, -0.05) is 0 Å². The maximum absolute atomic E-state index is 6.55. The average molecular weight is 631 g/mol. The number of benzene rings is 4. The van der Waals surface area contributed by atoms with Gasteiger partial charge in [-0.05, 0) is 0 Å². The van der Waals surface area contributed by atoms with Crippen LogP contribution in [0.2, 0.25) is 0 Å². The summed E-state index contributed by atoms with van der Waals surface area (Å²) >= 11 is 1.84. The van der Waals surface area contributed by atoms with Gasteiger partial charge in [0.05, 0.1) is 0 Å². The van der Waals surface area contributed by atoms with Gasteiger partial charge in [0.1, 0.15) is 0 Å². The zero-order valence-electron chi connectivity index (χ0n) is 25.6. The minimum absolute atomic E-state index is 0. The van der Waals surface area contributed by atoms with Crippen LogP contribution in [0.4, 0.5) is 0 Å². The molecule has 0 bridgehead atoms. The van der Waals surface area contributed by atoms with Crippen LogP contribution in [-0.4, -0.2) is 0 Å². The number of allylic oxidation sites excluding steroid dienone is 4. The first-order chi connectivity index (χ1) is 19.1. The summed E-state index contributed by atoms with van der Waals surface area (Å²) in [5.41, 5.74) is 12.4. The van der Waals surface area contributed by atoms with Crippen LogP contribution in [0, 0.1) is 0 Å². The number of hydrogen-bond acceptors (Lipinski definition) is 1. The summed E-state index contributed by atoms with van der Waals surface area (Å²) in [5, 5.41) is 0. The van der Waals surface area contributed by atoms with Gasteiger partial charge < -0.3 is 24.8 Å². The van der Waals surface area contributed by atoms with Gasteiger partial charge in [-0.3, -0.25) is 0 Å². The molecule has 0 saturated heterocycles. The zero-order valence-corrected chi connectivity index (χ0v) is 28.6. The predicted octanol–water partition coefficient (Wildman–Crippen LogP) is 3.99. The predicted molar refractivity (Wildman–Crippen MR) is 164 cm³/mol. The SMILES string of the molecule is CC1=C(C)C(c2cc(C(C)(C)C)cc(C(c3ccccc3)(c3ccccc3)c3ccccc3)c2[O][Ti+2])C(C)=C1C.[Cl-].[Cl-]. The van der Waals surface area contributed by atoms with E-state index >= 15 is 0 Å². The van der Waals surface area contributed by atoms with E-state index in [0.29, 0.717) is 0 Å². The fraction of sp³-hybridized carbons (Fsp3) is 0.263.